The number of carbonyl (C=O) groups is 3. The number of hydrogen-bond donors (Lipinski definition) is 6. The Balaban J connectivity index is 0.000000152. The summed E-state index contributed by atoms with van der Waals surface area (Å²) in [6.07, 6.45) is -0.523. The topological polar surface area (TPSA) is 389 Å². The van der Waals surface area contributed by atoms with Gasteiger partial charge in [-0.15, -0.1) is 0 Å². The summed E-state index contributed by atoms with van der Waals surface area (Å²) in [5.41, 5.74) is 15.1. The molecule has 0 spiro atoms. The van der Waals surface area contributed by atoms with Gasteiger partial charge in [0.05, 0.1) is 47.6 Å². The number of rotatable bonds is 24. The SMILES string of the molecule is CC(C)(C)OC(=O)Nc1cccc(-c2ccc(-c3nc(SCc4ccccc4)[nH]c(=O)c3C#N)cc2)c1.CCOC(=O)c1ccc(CSc2nc(-c3ccc(-c4ccccc4)cc3)c(C#N)c(=O)[nH]2)cc1.COC(=O)c1ccc(CSc2nc(-c3ccc(-c4ccccc4)cc3)c(C#N)c(=O)[nH]2)cc1.N#Cc1c(-c2ccc(-c3cccc(O)c3)cc2)nc(SCc2ccccc2)[nH]c1=O. The van der Waals surface area contributed by atoms with Gasteiger partial charge in [0.25, 0.3) is 22.2 Å². The molecule has 0 unspecified atom stereocenters. The smallest absolute Gasteiger partial charge is 0.412 e. The molecule has 16 rings (SSSR count). The summed E-state index contributed by atoms with van der Waals surface area (Å²) in [5, 5.41) is 52.3. The molecule has 0 saturated carbocycles. The van der Waals surface area contributed by atoms with Crippen LogP contribution in [0.2, 0.25) is 0 Å². The van der Waals surface area contributed by atoms with Crippen molar-refractivity contribution in [1.82, 2.24) is 39.9 Å². The third-order valence-electron chi connectivity index (χ3n) is 19.9. The third kappa shape index (κ3) is 26.0. The van der Waals surface area contributed by atoms with Crippen LogP contribution in [0.4, 0.5) is 10.5 Å². The van der Waals surface area contributed by atoms with Crippen LogP contribution in [0.5, 0.6) is 5.75 Å². The molecule has 0 radical (unpaired) electrons. The summed E-state index contributed by atoms with van der Waals surface area (Å²) in [6.45, 7) is 7.51. The van der Waals surface area contributed by atoms with E-state index in [-0.39, 0.29) is 34.0 Å². The number of nitriles is 4. The van der Waals surface area contributed by atoms with Crippen molar-refractivity contribution in [2.24, 2.45) is 0 Å². The standard InChI is InChI=1S/C29H26N4O3S.C27H21N3O3S.C26H19N3O3S.C24H17N3O2S/c1-29(2,3)36-28(35)31-23-11-7-10-22(16-23)20-12-14-21(15-13-20)25-24(17-30)26(34)33-27(32-25)37-18-19-8-5-4-6-9-19;1-2-33-26(32)22-10-8-18(9-11-22)17-34-27-29-24(23(16-28)25(31)30-27)21-14-12-20(13-15-21)19-6-4-3-5-7-19;1-32-25(31)21-9-7-17(8-10-21)16-33-26-28-23(22(15-27)24(30)29-26)20-13-11-19(12-14-20)18-5-3-2-4-6-18;25-14-21-22(18-11-9-17(10-12-18)19-7-4-8-20(28)13-19)26-24(27-23(21)29)30-15-16-5-2-1-3-6-16/h4-16H,18H2,1-3H3,(H,31,35)(H,32,33,34);3-15H,2,17H2,1H3,(H,29,30,31);2-14H,16H2,1H3,(H,28,29,30);1-13,28H,15H2,(H,26,27,29). The molecule has 4 aromatic heterocycles. The number of benzene rings is 12. The number of anilines is 1. The lowest BCUT2D eigenvalue weighted by Crippen LogP contribution is -2.27. The van der Waals surface area contributed by atoms with Crippen LogP contribution < -0.4 is 27.6 Å². The first-order chi connectivity index (χ1) is 65.0. The predicted octanol–water partition coefficient (Wildman–Crippen LogP) is 22.1. The number of methoxy groups -OCH3 is 1. The minimum atomic E-state index is -0.590. The molecule has 24 nitrogen and oxygen atoms in total. The fourth-order valence-electron chi connectivity index (χ4n) is 13.3. The van der Waals surface area contributed by atoms with E-state index in [1.54, 1.807) is 55.5 Å². The van der Waals surface area contributed by atoms with Gasteiger partial charge in [-0.05, 0) is 143 Å². The average molecular weight is 1840 g/mol. The van der Waals surface area contributed by atoms with E-state index in [1.807, 2.05) is 312 Å². The van der Waals surface area contributed by atoms with Crippen molar-refractivity contribution < 1.29 is 33.7 Å². The van der Waals surface area contributed by atoms with Gasteiger partial charge < -0.3 is 39.3 Å². The summed E-state index contributed by atoms with van der Waals surface area (Å²) in [6, 6.07) is 106. The number of H-pyrrole nitrogens is 4. The molecule has 0 aliphatic rings. The zero-order valence-electron chi connectivity index (χ0n) is 72.8. The minimum Gasteiger partial charge on any atom is -0.508 e. The maximum Gasteiger partial charge on any atom is 0.412 e. The van der Waals surface area contributed by atoms with E-state index < -0.39 is 39.9 Å². The number of aromatic amines is 4. The number of hydrogen-bond acceptors (Lipinski definition) is 23. The predicted molar refractivity (Wildman–Crippen MR) is 525 cm³/mol. The Labute approximate surface area is 788 Å². The molecule has 662 valence electrons. The van der Waals surface area contributed by atoms with Crippen LogP contribution in [-0.4, -0.2) is 82.3 Å². The second kappa shape index (κ2) is 46.2. The van der Waals surface area contributed by atoms with Gasteiger partial charge >= 0.3 is 18.0 Å². The third-order valence-corrected chi connectivity index (χ3v) is 23.7. The number of carbonyl (C=O) groups excluding carboxylic acids is 3. The van der Waals surface area contributed by atoms with Crippen LogP contribution in [0, 0.1) is 45.3 Å². The monoisotopic (exact) mass is 1840 g/mol. The highest BCUT2D eigenvalue weighted by molar-refractivity contribution is 7.99. The first-order valence-electron chi connectivity index (χ1n) is 41.7. The number of nitrogens with zero attached hydrogens (tertiary/aromatic N) is 8. The first-order valence-corrected chi connectivity index (χ1v) is 45.6. The molecular weight excluding hydrogens is 1760 g/mol. The molecule has 28 heteroatoms. The number of nitrogens with one attached hydrogen (secondary N) is 5. The Bertz CT molecular complexity index is 7290. The number of aromatic hydroxyl groups is 1. The average Bonchev–Trinajstić information content (AvgIpc) is 0.788. The van der Waals surface area contributed by atoms with Crippen LogP contribution in [0.25, 0.3) is 89.5 Å². The molecule has 6 N–H and O–H groups in total. The van der Waals surface area contributed by atoms with Gasteiger partial charge in [0.1, 0.15) is 57.9 Å². The summed E-state index contributed by atoms with van der Waals surface area (Å²) in [4.78, 5) is 115. The lowest BCUT2D eigenvalue weighted by atomic mass is 10.0. The van der Waals surface area contributed by atoms with Crippen LogP contribution >= 0.6 is 47.0 Å². The number of esters is 2. The quantitative estimate of drug-likeness (QED) is 0.0142. The lowest BCUT2D eigenvalue weighted by molar-refractivity contribution is 0.0524. The van der Waals surface area contributed by atoms with Crippen molar-refractivity contribution in [2.45, 2.75) is 76.9 Å². The van der Waals surface area contributed by atoms with Crippen molar-refractivity contribution in [2.75, 3.05) is 19.0 Å². The van der Waals surface area contributed by atoms with E-state index in [9.17, 15) is 59.7 Å². The maximum absolute atomic E-state index is 12.6. The van der Waals surface area contributed by atoms with Gasteiger partial charge in [-0.3, -0.25) is 24.5 Å². The molecule has 0 bridgehead atoms. The molecule has 16 aromatic rings. The number of amides is 1. The van der Waals surface area contributed by atoms with Gasteiger partial charge in [-0.1, -0.05) is 314 Å². The van der Waals surface area contributed by atoms with Crippen molar-refractivity contribution in [3.8, 4) is 120 Å². The number of thioether (sulfide) groups is 4. The van der Waals surface area contributed by atoms with Gasteiger partial charge in [-0.2, -0.15) is 21.0 Å². The molecule has 0 aliphatic carbocycles. The van der Waals surface area contributed by atoms with Crippen molar-refractivity contribution in [3.05, 3.63) is 413 Å². The van der Waals surface area contributed by atoms with E-state index in [1.165, 1.54) is 54.2 Å². The van der Waals surface area contributed by atoms with Crippen LogP contribution in [0.1, 0.15) is 92.9 Å². The second-order valence-corrected chi connectivity index (χ2v) is 34.2. The Morgan fingerprint density at radius 2 is 0.627 bits per heavy atom. The largest absolute Gasteiger partial charge is 0.508 e. The van der Waals surface area contributed by atoms with Gasteiger partial charge in [0.2, 0.25) is 0 Å². The van der Waals surface area contributed by atoms with Crippen LogP contribution in [0.3, 0.4) is 0 Å². The van der Waals surface area contributed by atoms with Gasteiger partial charge in [0.15, 0.2) is 20.6 Å². The molecule has 0 saturated heterocycles. The molecule has 134 heavy (non-hydrogen) atoms. The number of phenolic OH excluding ortho intramolecular Hbond substituents is 1. The molecule has 0 fully saturated rings. The summed E-state index contributed by atoms with van der Waals surface area (Å²) in [7, 11) is 1.34. The van der Waals surface area contributed by atoms with Crippen molar-refractivity contribution >= 4 is 70.8 Å². The highest BCUT2D eigenvalue weighted by Crippen LogP contribution is 2.35. The highest BCUT2D eigenvalue weighted by Gasteiger charge is 2.22. The lowest BCUT2D eigenvalue weighted by Gasteiger charge is -2.19. The molecule has 1 amide bonds. The molecule has 4 heterocycles. The Morgan fingerprint density at radius 3 is 0.933 bits per heavy atom. The fraction of sp³-hybridized carbons (Fsp3) is 0.104. The van der Waals surface area contributed by atoms with E-state index in [2.05, 4.69) is 45.2 Å². The Kier molecular flexibility index (Phi) is 32.8. The Hall–Kier alpha value is -16.5. The second-order valence-electron chi connectivity index (χ2n) is 30.4. The molecule has 0 atom stereocenters. The zero-order valence-corrected chi connectivity index (χ0v) is 76.1. The number of phenols is 1. The van der Waals surface area contributed by atoms with Crippen LogP contribution in [0.15, 0.2) is 355 Å². The normalized spacial score (nSPS) is 10.6. The van der Waals surface area contributed by atoms with Crippen molar-refractivity contribution in [1.29, 1.82) is 21.0 Å². The molecule has 0 aliphatic heterocycles. The maximum atomic E-state index is 12.6. The fourth-order valence-corrected chi connectivity index (χ4v) is 16.6. The molecule has 12 aromatic carbocycles. The summed E-state index contributed by atoms with van der Waals surface area (Å²) >= 11 is 5.51. The van der Waals surface area contributed by atoms with E-state index in [0.717, 1.165) is 66.8 Å². The highest BCUT2D eigenvalue weighted by atomic mass is 32.2. The van der Waals surface area contributed by atoms with Crippen LogP contribution in [-0.2, 0) is 37.2 Å². The van der Waals surface area contributed by atoms with E-state index >= 15 is 0 Å². The molecular formula is C106H83N13O11S4. The van der Waals surface area contributed by atoms with E-state index in [0.29, 0.717) is 112 Å². The summed E-state index contributed by atoms with van der Waals surface area (Å²) < 4.78 is 15.0. The van der Waals surface area contributed by atoms with Crippen molar-refractivity contribution in [3.63, 3.8) is 0 Å². The zero-order chi connectivity index (χ0) is 94.5. The number of aromatic nitrogens is 8. The summed E-state index contributed by atoms with van der Waals surface area (Å²) in [5.74, 6) is 1.80. The van der Waals surface area contributed by atoms with Gasteiger partial charge in [-0.25, -0.2) is 34.3 Å². The first kappa shape index (κ1) is 95.1. The van der Waals surface area contributed by atoms with E-state index in [4.69, 9.17) is 14.2 Å². The minimum absolute atomic E-state index is 0.0100. The Morgan fingerprint density at radius 1 is 0.351 bits per heavy atom. The van der Waals surface area contributed by atoms with Gasteiger partial charge in [0, 0.05) is 51.0 Å². The number of ether oxygens (including phenoxy) is 3.